The molecule has 5 rings (SSSR count). The van der Waals surface area contributed by atoms with Gasteiger partial charge in [0, 0.05) is 12.1 Å². The SMILES string of the molecule is C=C/C=C(\C/C=C1/C=CC=CC1)C1(O)CC2CCC(C1)N2C.CCOc1cccc2c1OCCO2. The van der Waals surface area contributed by atoms with Crippen LogP contribution in [-0.4, -0.2) is 54.6 Å². The first-order chi connectivity index (χ1) is 17.0. The summed E-state index contributed by atoms with van der Waals surface area (Å²) in [4.78, 5) is 2.47. The van der Waals surface area contributed by atoms with Gasteiger partial charge >= 0.3 is 0 Å². The highest BCUT2D eigenvalue weighted by molar-refractivity contribution is 5.51. The topological polar surface area (TPSA) is 51.2 Å². The molecule has 2 unspecified atom stereocenters. The van der Waals surface area contributed by atoms with Gasteiger partial charge in [0.2, 0.25) is 5.75 Å². The van der Waals surface area contributed by atoms with Crippen LogP contribution in [0.15, 0.2) is 78.5 Å². The summed E-state index contributed by atoms with van der Waals surface area (Å²) in [6.07, 6.45) is 20.6. The molecule has 0 saturated carbocycles. The third kappa shape index (κ3) is 6.09. The molecule has 3 aliphatic heterocycles. The lowest BCUT2D eigenvalue weighted by atomic mass is 9.78. The predicted octanol–water partition coefficient (Wildman–Crippen LogP) is 5.78. The number of nitrogens with zero attached hydrogens (tertiary/aromatic N) is 1. The second-order valence-electron chi connectivity index (χ2n) is 9.61. The second kappa shape index (κ2) is 11.8. The Hall–Kier alpha value is -2.76. The van der Waals surface area contributed by atoms with Gasteiger partial charge in [0.05, 0.1) is 12.2 Å². The highest BCUT2D eigenvalue weighted by atomic mass is 16.6. The Morgan fingerprint density at radius 2 is 1.97 bits per heavy atom. The van der Waals surface area contributed by atoms with E-state index >= 15 is 0 Å². The minimum atomic E-state index is -0.655. The summed E-state index contributed by atoms with van der Waals surface area (Å²) in [6.45, 7) is 7.64. The lowest BCUT2D eigenvalue weighted by Crippen LogP contribution is -2.50. The number of fused-ring (bicyclic) bond motifs is 3. The van der Waals surface area contributed by atoms with Gasteiger partial charge in [0.1, 0.15) is 13.2 Å². The van der Waals surface area contributed by atoms with E-state index in [0.29, 0.717) is 31.9 Å². The molecule has 0 spiro atoms. The Kier molecular flexibility index (Phi) is 8.53. The van der Waals surface area contributed by atoms with Crippen molar-refractivity contribution in [2.24, 2.45) is 0 Å². The molecule has 4 aliphatic rings. The first-order valence-electron chi connectivity index (χ1n) is 12.8. The summed E-state index contributed by atoms with van der Waals surface area (Å²) in [5, 5.41) is 11.3. The van der Waals surface area contributed by atoms with Gasteiger partial charge in [-0.2, -0.15) is 0 Å². The van der Waals surface area contributed by atoms with Crippen LogP contribution in [0, 0.1) is 0 Å². The smallest absolute Gasteiger partial charge is 0.203 e. The van der Waals surface area contributed by atoms with Crippen molar-refractivity contribution in [3.05, 3.63) is 78.5 Å². The zero-order valence-corrected chi connectivity index (χ0v) is 21.1. The van der Waals surface area contributed by atoms with Gasteiger partial charge in [-0.05, 0) is 75.8 Å². The van der Waals surface area contributed by atoms with Crippen LogP contribution in [0.25, 0.3) is 0 Å². The van der Waals surface area contributed by atoms with Crippen LogP contribution in [0.3, 0.4) is 0 Å². The van der Waals surface area contributed by atoms with E-state index in [2.05, 4.69) is 48.9 Å². The van der Waals surface area contributed by atoms with Gasteiger partial charge < -0.3 is 24.2 Å². The maximum atomic E-state index is 11.3. The molecule has 2 fully saturated rings. The van der Waals surface area contributed by atoms with Crippen molar-refractivity contribution in [2.45, 2.75) is 63.1 Å². The molecule has 1 aromatic rings. The number of hydrogen-bond donors (Lipinski definition) is 1. The average Bonchev–Trinajstić information content (AvgIpc) is 3.09. The molecule has 1 N–H and O–H groups in total. The molecule has 35 heavy (non-hydrogen) atoms. The van der Waals surface area contributed by atoms with Crippen LogP contribution in [0.5, 0.6) is 17.2 Å². The Labute approximate surface area is 210 Å². The van der Waals surface area contributed by atoms with Crippen molar-refractivity contribution >= 4 is 0 Å². The number of benzene rings is 1. The van der Waals surface area contributed by atoms with Gasteiger partial charge in [0.15, 0.2) is 11.5 Å². The van der Waals surface area contributed by atoms with E-state index in [-0.39, 0.29) is 0 Å². The summed E-state index contributed by atoms with van der Waals surface area (Å²) in [7, 11) is 2.21. The Morgan fingerprint density at radius 1 is 1.20 bits per heavy atom. The number of rotatable bonds is 6. The summed E-state index contributed by atoms with van der Waals surface area (Å²) in [6, 6.07) is 6.73. The number of ether oxygens (including phenoxy) is 3. The molecular formula is C30H39NO4. The molecule has 188 valence electrons. The average molecular weight is 478 g/mol. The normalized spacial score (nSPS) is 28.4. The molecule has 0 aromatic heterocycles. The first kappa shape index (κ1) is 25.3. The quantitative estimate of drug-likeness (QED) is 0.527. The summed E-state index contributed by atoms with van der Waals surface area (Å²) >= 11 is 0. The molecule has 2 atom stereocenters. The van der Waals surface area contributed by atoms with Crippen LogP contribution >= 0.6 is 0 Å². The fourth-order valence-corrected chi connectivity index (χ4v) is 5.50. The molecule has 5 heteroatoms. The molecule has 2 bridgehead atoms. The van der Waals surface area contributed by atoms with Crippen LogP contribution < -0.4 is 14.2 Å². The second-order valence-corrected chi connectivity index (χ2v) is 9.61. The van der Waals surface area contributed by atoms with Crippen LogP contribution in [0.1, 0.15) is 45.4 Å². The molecule has 5 nitrogen and oxygen atoms in total. The summed E-state index contributed by atoms with van der Waals surface area (Å²) in [5.41, 5.74) is 1.80. The van der Waals surface area contributed by atoms with Gasteiger partial charge in [-0.3, -0.25) is 0 Å². The van der Waals surface area contributed by atoms with E-state index in [1.165, 1.54) is 18.4 Å². The zero-order chi connectivity index (χ0) is 24.7. The van der Waals surface area contributed by atoms with Crippen molar-refractivity contribution in [1.82, 2.24) is 4.90 Å². The molecule has 3 heterocycles. The fraction of sp³-hybridized carbons (Fsp3) is 0.467. The van der Waals surface area contributed by atoms with Gasteiger partial charge in [-0.25, -0.2) is 0 Å². The minimum absolute atomic E-state index is 0.530. The lowest BCUT2D eigenvalue weighted by Gasteiger charge is -2.43. The minimum Gasteiger partial charge on any atom is -0.490 e. The van der Waals surface area contributed by atoms with E-state index < -0.39 is 5.60 Å². The van der Waals surface area contributed by atoms with Gasteiger partial charge in [-0.15, -0.1) is 0 Å². The Balaban J connectivity index is 0.000000189. The highest BCUT2D eigenvalue weighted by Crippen LogP contribution is 2.44. The molecule has 0 radical (unpaired) electrons. The van der Waals surface area contributed by atoms with E-state index in [1.54, 1.807) is 0 Å². The molecule has 1 aromatic carbocycles. The third-order valence-corrected chi connectivity index (χ3v) is 7.37. The van der Waals surface area contributed by atoms with E-state index in [1.807, 2.05) is 37.3 Å². The highest BCUT2D eigenvalue weighted by Gasteiger charge is 2.47. The summed E-state index contributed by atoms with van der Waals surface area (Å²) in [5.74, 6) is 2.27. The zero-order valence-electron chi connectivity index (χ0n) is 21.1. The molecule has 2 saturated heterocycles. The van der Waals surface area contributed by atoms with E-state index in [0.717, 1.165) is 48.5 Å². The van der Waals surface area contributed by atoms with Gasteiger partial charge in [0.25, 0.3) is 0 Å². The number of para-hydroxylation sites is 1. The first-order valence-corrected chi connectivity index (χ1v) is 12.8. The van der Waals surface area contributed by atoms with E-state index in [4.69, 9.17) is 14.2 Å². The lowest BCUT2D eigenvalue weighted by molar-refractivity contribution is -0.0175. The Morgan fingerprint density at radius 3 is 2.66 bits per heavy atom. The maximum Gasteiger partial charge on any atom is 0.203 e. The molecular weight excluding hydrogens is 438 g/mol. The predicted molar refractivity (Wildman–Crippen MR) is 141 cm³/mol. The standard InChI is InChI=1S/C20H27NO.C10H12O3/c1-3-7-17(11-10-16-8-5-4-6-9-16)20(22)14-18-12-13-19(15-20)21(18)2;1-2-11-8-4-3-5-9-10(8)13-7-6-12-9/h3-8,10,18-19,22H,1,9,11-15H2,2H3;3-5H,2,6-7H2,1H3/b16-10-,17-7+;. The van der Waals surface area contributed by atoms with Crippen molar-refractivity contribution in [2.75, 3.05) is 26.9 Å². The van der Waals surface area contributed by atoms with Crippen molar-refractivity contribution in [1.29, 1.82) is 0 Å². The number of allylic oxidation sites excluding steroid dienone is 8. The molecule has 1 aliphatic carbocycles. The largest absolute Gasteiger partial charge is 0.490 e. The van der Waals surface area contributed by atoms with Crippen molar-refractivity contribution < 1.29 is 19.3 Å². The fourth-order valence-electron chi connectivity index (χ4n) is 5.50. The van der Waals surface area contributed by atoms with Crippen LogP contribution in [0.4, 0.5) is 0 Å². The van der Waals surface area contributed by atoms with Crippen molar-refractivity contribution in [3.8, 4) is 17.2 Å². The third-order valence-electron chi connectivity index (χ3n) is 7.37. The summed E-state index contributed by atoms with van der Waals surface area (Å²) < 4.78 is 16.3. The Bertz CT molecular complexity index is 992. The number of hydrogen-bond acceptors (Lipinski definition) is 5. The van der Waals surface area contributed by atoms with E-state index in [9.17, 15) is 5.11 Å². The monoisotopic (exact) mass is 477 g/mol. The number of piperidine rings is 1. The molecule has 0 amide bonds. The van der Waals surface area contributed by atoms with Crippen molar-refractivity contribution in [3.63, 3.8) is 0 Å². The van der Waals surface area contributed by atoms with Gasteiger partial charge in [-0.1, -0.05) is 55.2 Å². The van der Waals surface area contributed by atoms with Crippen LogP contribution in [-0.2, 0) is 0 Å². The van der Waals surface area contributed by atoms with Crippen LogP contribution in [0.2, 0.25) is 0 Å². The maximum absolute atomic E-state index is 11.3. The number of aliphatic hydroxyl groups is 1.